The number of carbonyl (C=O) groups excluding carboxylic acids is 1. The number of halogens is 2. The van der Waals surface area contributed by atoms with Gasteiger partial charge in [-0.3, -0.25) is 14.6 Å². The molecule has 0 N–H and O–H groups in total. The molecule has 0 bridgehead atoms. The lowest BCUT2D eigenvalue weighted by Crippen LogP contribution is -2.50. The van der Waals surface area contributed by atoms with Crippen molar-refractivity contribution in [2.75, 3.05) is 25.0 Å². The van der Waals surface area contributed by atoms with Crippen LogP contribution >= 0.6 is 23.2 Å². The van der Waals surface area contributed by atoms with Crippen molar-refractivity contribution in [1.82, 2.24) is 9.88 Å². The van der Waals surface area contributed by atoms with Gasteiger partial charge < -0.3 is 0 Å². The van der Waals surface area contributed by atoms with Gasteiger partial charge in [-0.25, -0.2) is 4.98 Å². The Morgan fingerprint density at radius 2 is 1.82 bits per heavy atom. The smallest absolute Gasteiger partial charge is 0.228 e. The number of benzene rings is 2. The zero-order valence-corrected chi connectivity index (χ0v) is 20.6. The predicted molar refractivity (Wildman–Crippen MR) is 136 cm³/mol. The van der Waals surface area contributed by atoms with Crippen molar-refractivity contribution in [2.24, 2.45) is 0 Å². The van der Waals surface area contributed by atoms with Crippen LogP contribution in [0.5, 0.6) is 0 Å². The van der Waals surface area contributed by atoms with E-state index in [1.807, 2.05) is 41.3 Å². The molecule has 4 rings (SSSR count). The van der Waals surface area contributed by atoms with Gasteiger partial charge in [0, 0.05) is 30.6 Å². The molecule has 2 heterocycles. The molecule has 6 heteroatoms. The van der Waals surface area contributed by atoms with Gasteiger partial charge in [0.1, 0.15) is 5.82 Å². The molecule has 1 saturated heterocycles. The summed E-state index contributed by atoms with van der Waals surface area (Å²) in [7, 11) is 2.16. The fraction of sp³-hybridized carbons (Fsp3) is 0.333. The van der Waals surface area contributed by atoms with Crippen LogP contribution in [0.1, 0.15) is 43.4 Å². The van der Waals surface area contributed by atoms with Crippen molar-refractivity contribution in [3.63, 3.8) is 0 Å². The van der Waals surface area contributed by atoms with Gasteiger partial charge in [-0.2, -0.15) is 0 Å². The Hall–Kier alpha value is -2.40. The molecule has 172 valence electrons. The largest absolute Gasteiger partial charge is 0.300 e. The zero-order chi connectivity index (χ0) is 23.4. The van der Waals surface area contributed by atoms with Crippen LogP contribution in [0.3, 0.4) is 0 Å². The zero-order valence-electron chi connectivity index (χ0n) is 19.0. The quantitative estimate of drug-likeness (QED) is 0.384. The van der Waals surface area contributed by atoms with Crippen LogP contribution in [0, 0.1) is 0 Å². The Bertz CT molecular complexity index is 1090. The lowest BCUT2D eigenvalue weighted by Gasteiger charge is -2.44. The Balaban J connectivity index is 1.63. The van der Waals surface area contributed by atoms with Crippen LogP contribution in [-0.4, -0.2) is 35.9 Å². The van der Waals surface area contributed by atoms with Crippen molar-refractivity contribution in [3.8, 4) is 0 Å². The summed E-state index contributed by atoms with van der Waals surface area (Å²) in [6.45, 7) is 3.67. The molecule has 0 aliphatic carbocycles. The van der Waals surface area contributed by atoms with Gasteiger partial charge in [0.2, 0.25) is 5.91 Å². The monoisotopic (exact) mass is 481 g/mol. The van der Waals surface area contributed by atoms with Crippen LogP contribution in [0.25, 0.3) is 0 Å². The third-order valence-electron chi connectivity index (χ3n) is 6.92. The number of hydrogen-bond donors (Lipinski definition) is 0. The van der Waals surface area contributed by atoms with Gasteiger partial charge in [0.15, 0.2) is 0 Å². The van der Waals surface area contributed by atoms with E-state index in [0.29, 0.717) is 28.8 Å². The summed E-state index contributed by atoms with van der Waals surface area (Å²) in [6, 6.07) is 22.4. The summed E-state index contributed by atoms with van der Waals surface area (Å²) in [6.07, 6.45) is 3.85. The molecule has 4 nitrogen and oxygen atoms in total. The number of amides is 1. The van der Waals surface area contributed by atoms with Gasteiger partial charge in [0.05, 0.1) is 10.0 Å². The first kappa shape index (κ1) is 23.7. The molecule has 0 unspecified atom stereocenters. The molecular formula is C27H29Cl2N3O. The number of rotatable bonds is 7. The third-order valence-corrected chi connectivity index (χ3v) is 7.66. The van der Waals surface area contributed by atoms with Crippen LogP contribution < -0.4 is 4.90 Å². The standard InChI is InChI=1S/C27H29Cl2N3O/c1-20(21-8-4-3-5-9-21)31(2)17-15-27(22-11-12-23(28)24(29)18-22)14-13-26(33)32(19-27)25-10-6-7-16-30-25/h3-12,16,18,20H,13-15,17,19H2,1-2H3/t20-,27-/m1/s1. The van der Waals surface area contributed by atoms with E-state index in [9.17, 15) is 4.79 Å². The Morgan fingerprint density at radius 1 is 1.06 bits per heavy atom. The minimum Gasteiger partial charge on any atom is -0.300 e. The van der Waals surface area contributed by atoms with Crippen LogP contribution in [-0.2, 0) is 10.2 Å². The van der Waals surface area contributed by atoms with E-state index in [-0.39, 0.29) is 17.4 Å². The SMILES string of the molecule is C[C@H](c1ccccc1)N(C)CC[C@]1(c2ccc(Cl)c(Cl)c2)CCC(=O)N(c2ccccn2)C1. The average molecular weight is 482 g/mol. The molecular weight excluding hydrogens is 453 g/mol. The first-order chi connectivity index (χ1) is 15.9. The number of nitrogens with zero attached hydrogens (tertiary/aromatic N) is 3. The maximum Gasteiger partial charge on any atom is 0.228 e. The van der Waals surface area contributed by atoms with Crippen molar-refractivity contribution in [3.05, 3.63) is 94.1 Å². The van der Waals surface area contributed by atoms with E-state index in [0.717, 1.165) is 24.9 Å². The Kier molecular flexibility index (Phi) is 7.38. The van der Waals surface area contributed by atoms with Gasteiger partial charge >= 0.3 is 0 Å². The number of carbonyl (C=O) groups is 1. The lowest BCUT2D eigenvalue weighted by molar-refractivity contribution is -0.120. The average Bonchev–Trinajstić information content (AvgIpc) is 2.86. The highest BCUT2D eigenvalue weighted by atomic mass is 35.5. The number of aromatic nitrogens is 1. The van der Waals surface area contributed by atoms with Crippen LogP contribution in [0.4, 0.5) is 5.82 Å². The molecule has 1 fully saturated rings. The molecule has 2 atom stereocenters. The van der Waals surface area contributed by atoms with E-state index in [2.05, 4.69) is 54.2 Å². The number of piperidine rings is 1. The second kappa shape index (κ2) is 10.3. The molecule has 1 aliphatic heterocycles. The molecule has 0 saturated carbocycles. The fourth-order valence-corrected chi connectivity index (χ4v) is 4.95. The summed E-state index contributed by atoms with van der Waals surface area (Å²) < 4.78 is 0. The van der Waals surface area contributed by atoms with E-state index in [1.165, 1.54) is 5.56 Å². The molecule has 3 aromatic rings. The second-order valence-corrected chi connectivity index (χ2v) is 9.71. The Morgan fingerprint density at radius 3 is 2.52 bits per heavy atom. The van der Waals surface area contributed by atoms with Gasteiger partial charge in [-0.1, -0.05) is 65.7 Å². The Labute approximate surface area is 206 Å². The van der Waals surface area contributed by atoms with Crippen molar-refractivity contribution >= 4 is 34.9 Å². The number of pyridine rings is 1. The summed E-state index contributed by atoms with van der Waals surface area (Å²) >= 11 is 12.7. The highest BCUT2D eigenvalue weighted by Crippen LogP contribution is 2.41. The number of anilines is 1. The van der Waals surface area contributed by atoms with Crippen molar-refractivity contribution in [2.45, 2.75) is 37.6 Å². The topological polar surface area (TPSA) is 36.4 Å². The maximum absolute atomic E-state index is 12.9. The minimum atomic E-state index is -0.246. The maximum atomic E-state index is 12.9. The summed E-state index contributed by atoms with van der Waals surface area (Å²) in [5.74, 6) is 0.799. The van der Waals surface area contributed by atoms with E-state index in [4.69, 9.17) is 23.2 Å². The fourth-order valence-electron chi connectivity index (χ4n) is 4.65. The second-order valence-electron chi connectivity index (χ2n) is 8.89. The molecule has 2 aromatic carbocycles. The predicted octanol–water partition coefficient (Wildman–Crippen LogP) is 6.54. The van der Waals surface area contributed by atoms with E-state index in [1.54, 1.807) is 6.20 Å². The van der Waals surface area contributed by atoms with Crippen LogP contribution in [0.15, 0.2) is 72.9 Å². The van der Waals surface area contributed by atoms with Gasteiger partial charge in [0.25, 0.3) is 0 Å². The van der Waals surface area contributed by atoms with Gasteiger partial charge in [-0.15, -0.1) is 0 Å². The normalized spacial score (nSPS) is 19.7. The van der Waals surface area contributed by atoms with E-state index < -0.39 is 0 Å². The van der Waals surface area contributed by atoms with Crippen molar-refractivity contribution in [1.29, 1.82) is 0 Å². The molecule has 0 radical (unpaired) electrons. The first-order valence-electron chi connectivity index (χ1n) is 11.3. The summed E-state index contributed by atoms with van der Waals surface area (Å²) in [5, 5.41) is 1.08. The van der Waals surface area contributed by atoms with Crippen molar-refractivity contribution < 1.29 is 4.79 Å². The first-order valence-corrected chi connectivity index (χ1v) is 12.1. The molecule has 1 aliphatic rings. The molecule has 0 spiro atoms. The highest BCUT2D eigenvalue weighted by Gasteiger charge is 2.41. The molecule has 1 aromatic heterocycles. The molecule has 1 amide bonds. The third kappa shape index (κ3) is 5.24. The molecule has 33 heavy (non-hydrogen) atoms. The van der Waals surface area contributed by atoms with Crippen LogP contribution in [0.2, 0.25) is 10.0 Å². The van der Waals surface area contributed by atoms with Gasteiger partial charge in [-0.05, 0) is 68.8 Å². The summed E-state index contributed by atoms with van der Waals surface area (Å²) in [4.78, 5) is 21.5. The number of hydrogen-bond acceptors (Lipinski definition) is 3. The minimum absolute atomic E-state index is 0.107. The summed E-state index contributed by atoms with van der Waals surface area (Å²) in [5.41, 5.74) is 2.16. The van der Waals surface area contributed by atoms with E-state index >= 15 is 0 Å². The lowest BCUT2D eigenvalue weighted by atomic mass is 9.71. The highest BCUT2D eigenvalue weighted by molar-refractivity contribution is 6.42.